The average Bonchev–Trinajstić information content (AvgIpc) is 2.37. The molecule has 0 aromatic heterocycles. The van der Waals surface area contributed by atoms with Gasteiger partial charge in [-0.25, -0.2) is 0 Å². The zero-order chi connectivity index (χ0) is 13.1. The number of ether oxygens (including phenoxy) is 1. The lowest BCUT2D eigenvalue weighted by molar-refractivity contribution is 0.0678. The highest BCUT2D eigenvalue weighted by Gasteiger charge is 2.24. The van der Waals surface area contributed by atoms with Gasteiger partial charge in [0.1, 0.15) is 0 Å². The Hall–Kier alpha value is -1.88. The van der Waals surface area contributed by atoms with Crippen molar-refractivity contribution in [3.63, 3.8) is 0 Å². The first-order valence-electron chi connectivity index (χ1n) is 5.84. The number of hydrogen-bond donors (Lipinski definition) is 1. The van der Waals surface area contributed by atoms with Crippen molar-refractivity contribution >= 4 is 11.8 Å². The molecule has 0 fully saturated rings. The van der Waals surface area contributed by atoms with Gasteiger partial charge in [-0.15, -0.1) is 0 Å². The summed E-state index contributed by atoms with van der Waals surface area (Å²) in [5.74, 6) is -0.476. The van der Waals surface area contributed by atoms with Crippen molar-refractivity contribution < 1.29 is 14.3 Å². The summed E-state index contributed by atoms with van der Waals surface area (Å²) < 4.78 is 4.98. The highest BCUT2D eigenvalue weighted by molar-refractivity contribution is 5.99. The van der Waals surface area contributed by atoms with Gasteiger partial charge in [-0.05, 0) is 30.2 Å². The molecule has 96 valence electrons. The third kappa shape index (κ3) is 2.36. The maximum absolute atomic E-state index is 12.2. The summed E-state index contributed by atoms with van der Waals surface area (Å²) in [6.07, 6.45) is 0.742. The van der Waals surface area contributed by atoms with Gasteiger partial charge < -0.3 is 15.4 Å². The number of amides is 2. The number of nitrogens with two attached hydrogens (primary N) is 1. The van der Waals surface area contributed by atoms with Crippen LogP contribution in [0.25, 0.3) is 0 Å². The molecule has 1 aromatic rings. The van der Waals surface area contributed by atoms with E-state index in [2.05, 4.69) is 0 Å². The average molecular weight is 248 g/mol. The van der Waals surface area contributed by atoms with E-state index in [1.165, 1.54) is 0 Å². The standard InChI is InChI=1S/C13H16N2O3/c1-18-7-6-15-5-4-9-8-10(12(14)16)2-3-11(9)13(15)17/h2-3,8H,4-7H2,1H3,(H2,14,16). The van der Waals surface area contributed by atoms with Gasteiger partial charge in [0.25, 0.3) is 5.91 Å². The first-order valence-corrected chi connectivity index (χ1v) is 5.84. The predicted molar refractivity (Wildman–Crippen MR) is 66.4 cm³/mol. The Kier molecular flexibility index (Phi) is 3.62. The third-order valence-electron chi connectivity index (χ3n) is 3.12. The van der Waals surface area contributed by atoms with Crippen LogP contribution in [0.4, 0.5) is 0 Å². The van der Waals surface area contributed by atoms with Crippen LogP contribution in [0.5, 0.6) is 0 Å². The lowest BCUT2D eigenvalue weighted by Gasteiger charge is -2.28. The van der Waals surface area contributed by atoms with Gasteiger partial charge in [-0.1, -0.05) is 0 Å². The summed E-state index contributed by atoms with van der Waals surface area (Å²) in [6, 6.07) is 4.98. The number of fused-ring (bicyclic) bond motifs is 1. The Morgan fingerprint density at radius 1 is 1.50 bits per heavy atom. The molecule has 0 radical (unpaired) electrons. The predicted octanol–water partition coefficient (Wildman–Crippen LogP) is 0.430. The second-order valence-corrected chi connectivity index (χ2v) is 4.27. The topological polar surface area (TPSA) is 72.6 Å². The first-order chi connectivity index (χ1) is 8.63. The lowest BCUT2D eigenvalue weighted by Crippen LogP contribution is -2.39. The molecule has 2 amide bonds. The van der Waals surface area contributed by atoms with Crippen LogP contribution >= 0.6 is 0 Å². The van der Waals surface area contributed by atoms with Gasteiger partial charge >= 0.3 is 0 Å². The van der Waals surface area contributed by atoms with E-state index in [1.807, 2.05) is 0 Å². The zero-order valence-corrected chi connectivity index (χ0v) is 10.3. The minimum atomic E-state index is -0.466. The molecule has 0 atom stereocenters. The highest BCUT2D eigenvalue weighted by Crippen LogP contribution is 2.20. The van der Waals surface area contributed by atoms with Crippen molar-refractivity contribution in [2.75, 3.05) is 26.8 Å². The minimum absolute atomic E-state index is 0.00989. The van der Waals surface area contributed by atoms with Crippen molar-refractivity contribution in [3.8, 4) is 0 Å². The number of carbonyl (C=O) groups excluding carboxylic acids is 2. The number of nitrogens with zero attached hydrogens (tertiary/aromatic N) is 1. The third-order valence-corrected chi connectivity index (χ3v) is 3.12. The molecule has 1 aliphatic heterocycles. The maximum Gasteiger partial charge on any atom is 0.254 e. The van der Waals surface area contributed by atoms with E-state index in [0.29, 0.717) is 30.8 Å². The summed E-state index contributed by atoms with van der Waals surface area (Å²) in [6.45, 7) is 1.77. The Labute approximate surface area is 106 Å². The highest BCUT2D eigenvalue weighted by atomic mass is 16.5. The lowest BCUT2D eigenvalue weighted by atomic mass is 9.96. The maximum atomic E-state index is 12.2. The quantitative estimate of drug-likeness (QED) is 0.839. The fourth-order valence-corrected chi connectivity index (χ4v) is 2.10. The summed E-state index contributed by atoms with van der Waals surface area (Å²) in [5.41, 5.74) is 7.22. The number of primary amides is 1. The number of methoxy groups -OCH3 is 1. The van der Waals surface area contributed by atoms with Gasteiger partial charge in [-0.2, -0.15) is 0 Å². The molecule has 18 heavy (non-hydrogen) atoms. The van der Waals surface area contributed by atoms with E-state index in [9.17, 15) is 9.59 Å². The fraction of sp³-hybridized carbons (Fsp3) is 0.385. The second-order valence-electron chi connectivity index (χ2n) is 4.27. The molecular formula is C13H16N2O3. The molecule has 1 aliphatic rings. The van der Waals surface area contributed by atoms with Crippen molar-refractivity contribution in [1.29, 1.82) is 0 Å². The first kappa shape index (κ1) is 12.6. The van der Waals surface area contributed by atoms with Crippen molar-refractivity contribution in [1.82, 2.24) is 4.90 Å². The molecule has 0 saturated carbocycles. The van der Waals surface area contributed by atoms with E-state index in [-0.39, 0.29) is 5.91 Å². The van der Waals surface area contributed by atoms with Crippen LogP contribution < -0.4 is 5.73 Å². The van der Waals surface area contributed by atoms with Crippen LogP contribution in [-0.4, -0.2) is 43.5 Å². The van der Waals surface area contributed by atoms with Crippen molar-refractivity contribution in [2.24, 2.45) is 5.73 Å². The van der Waals surface area contributed by atoms with Crippen LogP contribution in [0.15, 0.2) is 18.2 Å². The van der Waals surface area contributed by atoms with Gasteiger partial charge in [-0.3, -0.25) is 9.59 Å². The molecule has 0 spiro atoms. The van der Waals surface area contributed by atoms with Gasteiger partial charge in [0.05, 0.1) is 6.61 Å². The van der Waals surface area contributed by atoms with Crippen LogP contribution in [0.2, 0.25) is 0 Å². The minimum Gasteiger partial charge on any atom is -0.383 e. The second kappa shape index (κ2) is 5.18. The SMILES string of the molecule is COCCN1CCc2cc(C(N)=O)ccc2C1=O. The molecule has 0 saturated heterocycles. The normalized spacial score (nSPS) is 14.5. The van der Waals surface area contributed by atoms with E-state index < -0.39 is 5.91 Å². The Balaban J connectivity index is 2.23. The summed E-state index contributed by atoms with van der Waals surface area (Å²) >= 11 is 0. The van der Waals surface area contributed by atoms with Crippen LogP contribution in [0.1, 0.15) is 26.3 Å². The molecule has 0 aliphatic carbocycles. The molecule has 2 rings (SSSR count). The van der Waals surface area contributed by atoms with Crippen LogP contribution in [0, 0.1) is 0 Å². The number of carbonyl (C=O) groups is 2. The zero-order valence-electron chi connectivity index (χ0n) is 10.3. The van der Waals surface area contributed by atoms with E-state index in [4.69, 9.17) is 10.5 Å². The molecule has 0 bridgehead atoms. The number of benzene rings is 1. The van der Waals surface area contributed by atoms with E-state index in [1.54, 1.807) is 30.2 Å². The molecule has 1 aromatic carbocycles. The number of rotatable bonds is 4. The van der Waals surface area contributed by atoms with Crippen molar-refractivity contribution in [3.05, 3.63) is 34.9 Å². The summed E-state index contributed by atoms with van der Waals surface area (Å²) in [7, 11) is 1.61. The Morgan fingerprint density at radius 2 is 2.28 bits per heavy atom. The molecular weight excluding hydrogens is 232 g/mol. The van der Waals surface area contributed by atoms with Crippen molar-refractivity contribution in [2.45, 2.75) is 6.42 Å². The summed E-state index contributed by atoms with van der Waals surface area (Å²) in [5, 5.41) is 0. The molecule has 5 heteroatoms. The van der Waals surface area contributed by atoms with Crippen LogP contribution in [0.3, 0.4) is 0 Å². The van der Waals surface area contributed by atoms with Gasteiger partial charge in [0, 0.05) is 31.3 Å². The smallest absolute Gasteiger partial charge is 0.254 e. The van der Waals surface area contributed by atoms with E-state index in [0.717, 1.165) is 12.0 Å². The van der Waals surface area contributed by atoms with Gasteiger partial charge in [0.2, 0.25) is 5.91 Å². The summed E-state index contributed by atoms with van der Waals surface area (Å²) in [4.78, 5) is 25.0. The Morgan fingerprint density at radius 3 is 2.94 bits per heavy atom. The van der Waals surface area contributed by atoms with Crippen LogP contribution in [-0.2, 0) is 11.2 Å². The molecule has 2 N–H and O–H groups in total. The van der Waals surface area contributed by atoms with E-state index >= 15 is 0 Å². The number of hydrogen-bond acceptors (Lipinski definition) is 3. The van der Waals surface area contributed by atoms with Gasteiger partial charge in [0.15, 0.2) is 0 Å². The molecule has 0 unspecified atom stereocenters. The Bertz CT molecular complexity index is 485. The monoisotopic (exact) mass is 248 g/mol. The fourth-order valence-electron chi connectivity index (χ4n) is 2.10. The molecule has 5 nitrogen and oxygen atoms in total. The molecule has 1 heterocycles. The largest absolute Gasteiger partial charge is 0.383 e.